The average molecular weight is 296 g/mol. The minimum Gasteiger partial charge on any atom is -0.245 e. The molecule has 22 heavy (non-hydrogen) atoms. The molecular weight excluding hydrogens is 272 g/mol. The quantitative estimate of drug-likeness (QED) is 0.681. The van der Waals surface area contributed by atoms with E-state index < -0.39 is 0 Å². The molecular formula is C18H24N4. The lowest BCUT2D eigenvalue weighted by Crippen LogP contribution is -2.11. The Kier molecular flexibility index (Phi) is 4.59. The molecule has 0 unspecified atom stereocenters. The van der Waals surface area contributed by atoms with Crippen molar-refractivity contribution in [2.75, 3.05) is 5.43 Å². The molecule has 0 saturated heterocycles. The molecule has 2 rings (SSSR count). The van der Waals surface area contributed by atoms with Gasteiger partial charge in [0.25, 0.3) is 0 Å². The fourth-order valence-corrected chi connectivity index (χ4v) is 2.19. The van der Waals surface area contributed by atoms with Gasteiger partial charge in [0.1, 0.15) is 0 Å². The Labute approximate surface area is 132 Å². The first kappa shape index (κ1) is 16.1. The monoisotopic (exact) mass is 296 g/mol. The maximum atomic E-state index is 4.38. The van der Waals surface area contributed by atoms with E-state index in [-0.39, 0.29) is 5.41 Å². The molecule has 0 aliphatic heterocycles. The third kappa shape index (κ3) is 4.13. The second kappa shape index (κ2) is 6.26. The maximum Gasteiger partial charge on any atom is 0.243 e. The van der Waals surface area contributed by atoms with Crippen LogP contribution in [0.3, 0.4) is 0 Å². The van der Waals surface area contributed by atoms with E-state index in [9.17, 15) is 0 Å². The minimum absolute atomic E-state index is 0.161. The van der Waals surface area contributed by atoms with Crippen LogP contribution in [0.15, 0.2) is 35.4 Å². The predicted octanol–water partition coefficient (Wildman–Crippen LogP) is 4.23. The lowest BCUT2D eigenvalue weighted by Gasteiger charge is -2.19. The number of aryl methyl sites for hydroxylation is 2. The second-order valence-electron chi connectivity index (χ2n) is 6.61. The number of hydrogen-bond donors (Lipinski definition) is 1. The summed E-state index contributed by atoms with van der Waals surface area (Å²) in [4.78, 5) is 8.63. The Morgan fingerprint density at radius 1 is 1.00 bits per heavy atom. The lowest BCUT2D eigenvalue weighted by molar-refractivity contribution is 0.590. The minimum atomic E-state index is 0.161. The summed E-state index contributed by atoms with van der Waals surface area (Å²) >= 11 is 0. The molecule has 0 atom stereocenters. The van der Waals surface area contributed by atoms with Gasteiger partial charge in [-0.05, 0) is 43.4 Å². The molecule has 1 aromatic carbocycles. The lowest BCUT2D eigenvalue weighted by atomic mass is 9.86. The Balaban J connectivity index is 2.15. The largest absolute Gasteiger partial charge is 0.245 e. The molecule has 0 amide bonds. The molecule has 0 fully saturated rings. The van der Waals surface area contributed by atoms with Gasteiger partial charge in [0.15, 0.2) is 0 Å². The summed E-state index contributed by atoms with van der Waals surface area (Å²) in [6.45, 7) is 12.5. The smallest absolute Gasteiger partial charge is 0.243 e. The van der Waals surface area contributed by atoms with Crippen LogP contribution in [0.2, 0.25) is 0 Å². The molecule has 0 bridgehead atoms. The van der Waals surface area contributed by atoms with E-state index in [4.69, 9.17) is 0 Å². The van der Waals surface area contributed by atoms with Gasteiger partial charge in [0, 0.05) is 11.4 Å². The number of aromatic nitrogens is 2. The van der Waals surface area contributed by atoms with E-state index in [1.807, 2.05) is 26.8 Å². The molecule has 4 heteroatoms. The highest BCUT2D eigenvalue weighted by atomic mass is 15.4. The number of benzene rings is 1. The van der Waals surface area contributed by atoms with Crippen LogP contribution in [-0.2, 0) is 5.41 Å². The van der Waals surface area contributed by atoms with Crippen LogP contribution in [0, 0.1) is 13.8 Å². The Bertz CT molecular complexity index is 659. The summed E-state index contributed by atoms with van der Waals surface area (Å²) in [5.74, 6) is 0.531. The van der Waals surface area contributed by atoms with Gasteiger partial charge in [-0.15, -0.1) is 0 Å². The van der Waals surface area contributed by atoms with E-state index in [1.165, 1.54) is 5.56 Å². The molecule has 0 spiro atoms. The van der Waals surface area contributed by atoms with Gasteiger partial charge in [-0.1, -0.05) is 45.0 Å². The van der Waals surface area contributed by atoms with Gasteiger partial charge in [-0.3, -0.25) is 0 Å². The van der Waals surface area contributed by atoms with Gasteiger partial charge < -0.3 is 0 Å². The van der Waals surface area contributed by atoms with Crippen LogP contribution in [-0.4, -0.2) is 15.7 Å². The molecule has 1 N–H and O–H groups in total. The van der Waals surface area contributed by atoms with E-state index in [0.29, 0.717) is 5.95 Å². The molecule has 1 aromatic heterocycles. The summed E-state index contributed by atoms with van der Waals surface area (Å²) in [6.07, 6.45) is 0. The van der Waals surface area contributed by atoms with Crippen molar-refractivity contribution in [2.45, 2.75) is 47.0 Å². The van der Waals surface area contributed by atoms with Gasteiger partial charge in [0.2, 0.25) is 5.95 Å². The molecule has 116 valence electrons. The van der Waals surface area contributed by atoms with Crippen LogP contribution in [0.1, 0.15) is 50.2 Å². The Morgan fingerprint density at radius 3 is 2.05 bits per heavy atom. The van der Waals surface area contributed by atoms with Crippen LogP contribution < -0.4 is 5.43 Å². The number of rotatable bonds is 3. The number of hydrogen-bond acceptors (Lipinski definition) is 4. The molecule has 0 aliphatic rings. The zero-order valence-electron chi connectivity index (χ0n) is 14.2. The number of nitrogens with zero attached hydrogens (tertiary/aromatic N) is 3. The van der Waals surface area contributed by atoms with Crippen molar-refractivity contribution in [1.29, 1.82) is 0 Å². The highest BCUT2D eigenvalue weighted by Gasteiger charge is 2.13. The molecule has 4 nitrogen and oxygen atoms in total. The van der Waals surface area contributed by atoms with Crippen molar-refractivity contribution in [1.82, 2.24) is 9.97 Å². The van der Waals surface area contributed by atoms with Gasteiger partial charge in [-0.2, -0.15) is 5.10 Å². The fourth-order valence-electron chi connectivity index (χ4n) is 2.19. The third-order valence-corrected chi connectivity index (χ3v) is 3.47. The topological polar surface area (TPSA) is 50.2 Å². The molecule has 0 aliphatic carbocycles. The summed E-state index contributed by atoms with van der Waals surface area (Å²) in [6, 6.07) is 10.4. The summed E-state index contributed by atoms with van der Waals surface area (Å²) < 4.78 is 0. The highest BCUT2D eigenvalue weighted by Crippen LogP contribution is 2.22. The van der Waals surface area contributed by atoms with E-state index in [1.54, 1.807) is 0 Å². The number of nitrogens with one attached hydrogen (secondary N) is 1. The van der Waals surface area contributed by atoms with Crippen LogP contribution >= 0.6 is 0 Å². The van der Waals surface area contributed by atoms with Crippen molar-refractivity contribution >= 4 is 11.7 Å². The maximum absolute atomic E-state index is 4.38. The van der Waals surface area contributed by atoms with Gasteiger partial charge in [-0.25, -0.2) is 15.4 Å². The summed E-state index contributed by atoms with van der Waals surface area (Å²) in [7, 11) is 0. The second-order valence-corrected chi connectivity index (χ2v) is 6.61. The van der Waals surface area contributed by atoms with E-state index >= 15 is 0 Å². The predicted molar refractivity (Wildman–Crippen MR) is 92.5 cm³/mol. The SMILES string of the molecule is C/C(=N\Nc1nc(C)cc(C)n1)c1ccc(C(C)(C)C)cc1. The van der Waals surface area contributed by atoms with Crippen molar-refractivity contribution < 1.29 is 0 Å². The zero-order chi connectivity index (χ0) is 16.3. The van der Waals surface area contributed by atoms with Crippen LogP contribution in [0.4, 0.5) is 5.95 Å². The zero-order valence-corrected chi connectivity index (χ0v) is 14.2. The van der Waals surface area contributed by atoms with Crippen molar-refractivity contribution in [3.05, 3.63) is 52.8 Å². The van der Waals surface area contributed by atoms with E-state index in [0.717, 1.165) is 22.7 Å². The van der Waals surface area contributed by atoms with Crippen LogP contribution in [0.25, 0.3) is 0 Å². The van der Waals surface area contributed by atoms with Crippen molar-refractivity contribution in [2.24, 2.45) is 5.10 Å². The summed E-state index contributed by atoms with van der Waals surface area (Å²) in [5.41, 5.74) is 8.26. The van der Waals surface area contributed by atoms with Crippen molar-refractivity contribution in [3.63, 3.8) is 0 Å². The molecule has 2 aromatic rings. The molecule has 0 saturated carbocycles. The molecule has 0 radical (unpaired) electrons. The standard InChI is InChI=1S/C18H24N4/c1-12-11-13(2)20-17(19-12)22-21-14(3)15-7-9-16(10-8-15)18(4,5)6/h7-11H,1-6H3,(H,19,20,22)/b21-14+. The summed E-state index contributed by atoms with van der Waals surface area (Å²) in [5, 5.41) is 4.38. The van der Waals surface area contributed by atoms with Crippen molar-refractivity contribution in [3.8, 4) is 0 Å². The molecule has 1 heterocycles. The Hall–Kier alpha value is -2.23. The number of anilines is 1. The highest BCUT2D eigenvalue weighted by molar-refractivity contribution is 5.99. The first-order valence-electron chi connectivity index (χ1n) is 7.49. The van der Waals surface area contributed by atoms with Gasteiger partial charge >= 0.3 is 0 Å². The number of hydrazone groups is 1. The average Bonchev–Trinajstić information content (AvgIpc) is 2.43. The van der Waals surface area contributed by atoms with Crippen LogP contribution in [0.5, 0.6) is 0 Å². The first-order chi connectivity index (χ1) is 10.3. The third-order valence-electron chi connectivity index (χ3n) is 3.47. The fraction of sp³-hybridized carbons (Fsp3) is 0.389. The first-order valence-corrected chi connectivity index (χ1v) is 7.49. The Morgan fingerprint density at radius 2 is 1.55 bits per heavy atom. The normalized spacial score (nSPS) is 12.4. The van der Waals surface area contributed by atoms with E-state index in [2.05, 4.69) is 65.5 Å². The van der Waals surface area contributed by atoms with Gasteiger partial charge in [0.05, 0.1) is 5.71 Å².